The van der Waals surface area contributed by atoms with Crippen LogP contribution < -0.4 is 10.1 Å². The van der Waals surface area contributed by atoms with Gasteiger partial charge in [-0.2, -0.15) is 0 Å². The van der Waals surface area contributed by atoms with E-state index >= 15 is 0 Å². The summed E-state index contributed by atoms with van der Waals surface area (Å²) in [5.41, 5.74) is 2.96. The molecule has 0 radical (unpaired) electrons. The minimum absolute atomic E-state index is 0.0177. The zero-order valence-corrected chi connectivity index (χ0v) is 18.6. The van der Waals surface area contributed by atoms with Crippen LogP contribution in [0.4, 0.5) is 10.5 Å². The van der Waals surface area contributed by atoms with Crippen molar-refractivity contribution in [2.75, 3.05) is 25.6 Å². The van der Waals surface area contributed by atoms with Crippen molar-refractivity contribution in [3.05, 3.63) is 71.8 Å². The topological polar surface area (TPSA) is 56.8 Å². The Hall–Kier alpha value is -2.79. The fourth-order valence-electron chi connectivity index (χ4n) is 5.23. The molecule has 2 aromatic carbocycles. The molecule has 5 nitrogen and oxygen atoms in total. The molecule has 1 aliphatic carbocycles. The van der Waals surface area contributed by atoms with Crippen LogP contribution in [0.2, 0.25) is 0 Å². The third kappa shape index (κ3) is 4.07. The van der Waals surface area contributed by atoms with Crippen LogP contribution in [-0.2, 0) is 9.47 Å². The Labute approximate surface area is 184 Å². The predicted octanol–water partition coefficient (Wildman–Crippen LogP) is 5.85. The lowest BCUT2D eigenvalue weighted by molar-refractivity contribution is -0.165. The summed E-state index contributed by atoms with van der Waals surface area (Å²) in [6, 6.07) is 17.5. The van der Waals surface area contributed by atoms with Crippen molar-refractivity contribution in [2.45, 2.75) is 26.9 Å². The van der Waals surface area contributed by atoms with Gasteiger partial charge in [0.2, 0.25) is 0 Å². The standard InChI is InChI=1S/C26H31NO4/c1-17-14-18(2)26(16-31-25(28)27-21-8-6-5-7-9-21)15-30-24(23(17)19(26)3)20-10-12-22(29-4)13-11-20/h5-14,18-19,23-24H,15-16H2,1-4H3,(H,27,28)/t18-,19+,23-,24+,26-/m0/s1. The van der Waals surface area contributed by atoms with Gasteiger partial charge >= 0.3 is 6.09 Å². The van der Waals surface area contributed by atoms with E-state index in [1.165, 1.54) is 5.57 Å². The first-order valence-electron chi connectivity index (χ1n) is 10.9. The van der Waals surface area contributed by atoms with Crippen LogP contribution in [0.1, 0.15) is 32.4 Å². The number of fused-ring (bicyclic) bond motifs is 2. The van der Waals surface area contributed by atoms with E-state index in [1.54, 1.807) is 7.11 Å². The average Bonchev–Trinajstić information content (AvgIpc) is 2.77. The van der Waals surface area contributed by atoms with E-state index in [0.29, 0.717) is 19.1 Å². The van der Waals surface area contributed by atoms with Crippen molar-refractivity contribution >= 4 is 11.8 Å². The van der Waals surface area contributed by atoms with Gasteiger partial charge in [0.1, 0.15) is 12.4 Å². The number of para-hydroxylation sites is 1. The highest BCUT2D eigenvalue weighted by atomic mass is 16.6. The molecule has 5 heteroatoms. The molecule has 1 heterocycles. The lowest BCUT2D eigenvalue weighted by Crippen LogP contribution is -2.54. The minimum Gasteiger partial charge on any atom is -0.497 e. The van der Waals surface area contributed by atoms with E-state index in [9.17, 15) is 4.79 Å². The second kappa shape index (κ2) is 8.75. The monoisotopic (exact) mass is 421 g/mol. The number of anilines is 1. The maximum absolute atomic E-state index is 12.4. The van der Waals surface area contributed by atoms with Crippen LogP contribution in [0.15, 0.2) is 66.2 Å². The predicted molar refractivity (Wildman–Crippen MR) is 121 cm³/mol. The molecule has 2 bridgehead atoms. The maximum Gasteiger partial charge on any atom is 0.411 e. The number of carbonyl (C=O) groups is 1. The fraction of sp³-hybridized carbons (Fsp3) is 0.423. The van der Waals surface area contributed by atoms with Crippen LogP contribution in [0.3, 0.4) is 0 Å². The van der Waals surface area contributed by atoms with Gasteiger partial charge in [0.25, 0.3) is 0 Å². The lowest BCUT2D eigenvalue weighted by atomic mass is 9.56. The first-order valence-corrected chi connectivity index (χ1v) is 10.9. The Bertz CT molecular complexity index is 940. The fourth-order valence-corrected chi connectivity index (χ4v) is 5.23. The first kappa shape index (κ1) is 21.4. The molecule has 164 valence electrons. The number of hydrogen-bond donors (Lipinski definition) is 1. The van der Waals surface area contributed by atoms with Crippen LogP contribution in [0, 0.1) is 23.2 Å². The van der Waals surface area contributed by atoms with E-state index < -0.39 is 6.09 Å². The molecule has 0 unspecified atom stereocenters. The molecule has 1 N–H and O–H groups in total. The van der Waals surface area contributed by atoms with Gasteiger partial charge in [-0.3, -0.25) is 5.32 Å². The van der Waals surface area contributed by atoms with Crippen LogP contribution in [0.25, 0.3) is 0 Å². The van der Waals surface area contributed by atoms with Gasteiger partial charge in [-0.05, 0) is 48.6 Å². The molecule has 31 heavy (non-hydrogen) atoms. The largest absolute Gasteiger partial charge is 0.497 e. The summed E-state index contributed by atoms with van der Waals surface area (Å²) in [5, 5.41) is 2.81. The summed E-state index contributed by atoms with van der Waals surface area (Å²) in [7, 11) is 1.67. The van der Waals surface area contributed by atoms with E-state index in [2.05, 4.69) is 44.3 Å². The van der Waals surface area contributed by atoms with Crippen molar-refractivity contribution < 1.29 is 19.0 Å². The number of carbonyl (C=O) groups excluding carboxylic acids is 1. The third-order valence-corrected chi connectivity index (χ3v) is 7.19. The summed E-state index contributed by atoms with van der Waals surface area (Å²) in [4.78, 5) is 12.4. The number of ether oxygens (including phenoxy) is 3. The second-order valence-corrected chi connectivity index (χ2v) is 8.82. The minimum atomic E-state index is -0.430. The van der Waals surface area contributed by atoms with Gasteiger partial charge in [0.05, 0.1) is 19.8 Å². The number of benzene rings is 2. The molecule has 0 saturated carbocycles. The second-order valence-electron chi connectivity index (χ2n) is 8.82. The summed E-state index contributed by atoms with van der Waals surface area (Å²) in [5.74, 6) is 1.63. The number of rotatable bonds is 5. The molecule has 2 aromatic rings. The lowest BCUT2D eigenvalue weighted by Gasteiger charge is -2.55. The normalized spacial score (nSPS) is 29.6. The first-order chi connectivity index (χ1) is 14.9. The summed E-state index contributed by atoms with van der Waals surface area (Å²) in [6.07, 6.45) is 1.89. The van der Waals surface area contributed by atoms with Gasteiger partial charge in [0.15, 0.2) is 0 Å². The molecule has 1 aliphatic heterocycles. The Kier molecular flexibility index (Phi) is 6.05. The molecule has 1 saturated heterocycles. The van der Waals surface area contributed by atoms with Crippen molar-refractivity contribution in [2.24, 2.45) is 23.2 Å². The Morgan fingerprint density at radius 3 is 2.52 bits per heavy atom. The smallest absolute Gasteiger partial charge is 0.411 e. The summed E-state index contributed by atoms with van der Waals surface area (Å²) in [6.45, 7) is 7.53. The van der Waals surface area contributed by atoms with Crippen LogP contribution in [-0.4, -0.2) is 26.4 Å². The molecule has 5 atom stereocenters. The molecular weight excluding hydrogens is 390 g/mol. The Balaban J connectivity index is 1.51. The van der Waals surface area contributed by atoms with Gasteiger partial charge in [0, 0.05) is 17.0 Å². The highest BCUT2D eigenvalue weighted by Crippen LogP contribution is 2.56. The van der Waals surface area contributed by atoms with Gasteiger partial charge in [-0.1, -0.05) is 55.8 Å². The molecule has 0 aromatic heterocycles. The number of hydrogen-bond acceptors (Lipinski definition) is 4. The molecular formula is C26H31NO4. The maximum atomic E-state index is 12.4. The van der Waals surface area contributed by atoms with E-state index in [-0.39, 0.29) is 23.4 Å². The number of nitrogens with one attached hydrogen (secondary N) is 1. The number of methoxy groups -OCH3 is 1. The van der Waals surface area contributed by atoms with E-state index in [1.807, 2.05) is 42.5 Å². The third-order valence-electron chi connectivity index (χ3n) is 7.19. The molecule has 1 fully saturated rings. The number of allylic oxidation sites excluding steroid dienone is 1. The Morgan fingerprint density at radius 2 is 1.84 bits per heavy atom. The number of amides is 1. The average molecular weight is 422 g/mol. The summed E-state index contributed by atoms with van der Waals surface area (Å²) >= 11 is 0. The SMILES string of the molecule is COc1ccc([C@H]2OC[C@@]3(COC(=O)Nc4ccccc4)[C@H](C)[C@@H]2C(C)=C[C@@H]3C)cc1. The van der Waals surface area contributed by atoms with Crippen molar-refractivity contribution in [1.29, 1.82) is 0 Å². The van der Waals surface area contributed by atoms with Gasteiger partial charge in [-0.25, -0.2) is 4.79 Å². The van der Waals surface area contributed by atoms with Crippen molar-refractivity contribution in [3.8, 4) is 5.75 Å². The molecule has 0 spiro atoms. The van der Waals surface area contributed by atoms with Crippen LogP contribution in [0.5, 0.6) is 5.75 Å². The van der Waals surface area contributed by atoms with E-state index in [4.69, 9.17) is 14.2 Å². The Morgan fingerprint density at radius 1 is 1.13 bits per heavy atom. The van der Waals surface area contributed by atoms with Crippen molar-refractivity contribution in [1.82, 2.24) is 0 Å². The zero-order chi connectivity index (χ0) is 22.0. The zero-order valence-electron chi connectivity index (χ0n) is 18.6. The molecule has 4 rings (SSSR count). The highest BCUT2D eigenvalue weighted by molar-refractivity contribution is 5.84. The quantitative estimate of drug-likeness (QED) is 0.615. The highest BCUT2D eigenvalue weighted by Gasteiger charge is 2.54. The molecule has 2 aliphatic rings. The van der Waals surface area contributed by atoms with Crippen LogP contribution >= 0.6 is 0 Å². The van der Waals surface area contributed by atoms with Gasteiger partial charge < -0.3 is 14.2 Å². The van der Waals surface area contributed by atoms with Gasteiger partial charge in [-0.15, -0.1) is 0 Å². The van der Waals surface area contributed by atoms with Crippen molar-refractivity contribution in [3.63, 3.8) is 0 Å². The van der Waals surface area contributed by atoms with E-state index in [0.717, 1.165) is 17.0 Å². The summed E-state index contributed by atoms with van der Waals surface area (Å²) < 4.78 is 17.5. The molecule has 1 amide bonds.